The molecule has 0 saturated carbocycles. The van der Waals surface area contributed by atoms with E-state index < -0.39 is 17.5 Å². The Bertz CT molecular complexity index is 753. The van der Waals surface area contributed by atoms with E-state index in [1.54, 1.807) is 13.0 Å². The van der Waals surface area contributed by atoms with Crippen LogP contribution in [0.4, 0.5) is 0 Å². The number of rotatable bonds is 4. The van der Waals surface area contributed by atoms with Crippen molar-refractivity contribution in [2.24, 2.45) is 0 Å². The maximum absolute atomic E-state index is 11.8. The molecule has 0 saturated heterocycles. The second kappa shape index (κ2) is 6.41. The van der Waals surface area contributed by atoms with Crippen LogP contribution in [0.2, 0.25) is 0 Å². The van der Waals surface area contributed by atoms with Gasteiger partial charge in [-0.15, -0.1) is 11.6 Å². The Balaban J connectivity index is 2.42. The third-order valence-corrected chi connectivity index (χ3v) is 2.85. The van der Waals surface area contributed by atoms with Crippen molar-refractivity contribution in [3.05, 3.63) is 40.2 Å². The molecule has 0 aliphatic rings. The highest BCUT2D eigenvalue weighted by molar-refractivity contribution is 6.26. The number of esters is 1. The Morgan fingerprint density at radius 1 is 1.33 bits per heavy atom. The number of amides is 1. The molecule has 2 rings (SSSR count). The number of alkyl halides is 1. The van der Waals surface area contributed by atoms with Crippen molar-refractivity contribution in [3.8, 4) is 5.75 Å². The molecule has 0 spiro atoms. The Hall–Kier alpha value is -2.34. The van der Waals surface area contributed by atoms with Crippen LogP contribution in [0.5, 0.6) is 5.75 Å². The highest BCUT2D eigenvalue weighted by Crippen LogP contribution is 2.20. The average Bonchev–Trinajstić information content (AvgIpc) is 2.46. The highest BCUT2D eigenvalue weighted by Gasteiger charge is 2.13. The summed E-state index contributed by atoms with van der Waals surface area (Å²) >= 11 is 5.34. The number of nitrogens with one attached hydrogen (secondary N) is 1. The smallest absolute Gasteiger partial charge is 0.349 e. The molecule has 0 unspecified atom stereocenters. The molecule has 0 aliphatic carbocycles. The molecule has 0 fully saturated rings. The molecule has 6 nitrogen and oxygen atoms in total. The number of ether oxygens (including phenoxy) is 1. The summed E-state index contributed by atoms with van der Waals surface area (Å²) in [6.07, 6.45) is 0. The van der Waals surface area contributed by atoms with Gasteiger partial charge in [0, 0.05) is 18.0 Å². The minimum absolute atomic E-state index is 0.0742. The lowest BCUT2D eigenvalue weighted by Gasteiger charge is -2.05. The van der Waals surface area contributed by atoms with Crippen LogP contribution in [-0.4, -0.2) is 24.3 Å². The quantitative estimate of drug-likeness (QED) is 0.402. The van der Waals surface area contributed by atoms with Crippen molar-refractivity contribution in [2.45, 2.75) is 6.92 Å². The Labute approximate surface area is 124 Å². The summed E-state index contributed by atoms with van der Waals surface area (Å²) in [5.74, 6) is -1.18. The number of halogens is 1. The van der Waals surface area contributed by atoms with E-state index in [-0.39, 0.29) is 22.8 Å². The van der Waals surface area contributed by atoms with Crippen LogP contribution in [0.1, 0.15) is 17.3 Å². The summed E-state index contributed by atoms with van der Waals surface area (Å²) in [6.45, 7) is 2.15. The number of hydrogen-bond acceptors (Lipinski definition) is 5. The second-order valence-electron chi connectivity index (χ2n) is 4.11. The molecule has 21 heavy (non-hydrogen) atoms. The van der Waals surface area contributed by atoms with Gasteiger partial charge < -0.3 is 14.5 Å². The van der Waals surface area contributed by atoms with E-state index in [4.69, 9.17) is 20.8 Å². The molecule has 0 aliphatic heterocycles. The van der Waals surface area contributed by atoms with Gasteiger partial charge in [-0.3, -0.25) is 9.59 Å². The molecule has 0 bridgehead atoms. The van der Waals surface area contributed by atoms with E-state index >= 15 is 0 Å². The minimum atomic E-state index is -0.755. The van der Waals surface area contributed by atoms with Gasteiger partial charge in [0.25, 0.3) is 5.91 Å². The minimum Gasteiger partial charge on any atom is -0.426 e. The molecule has 2 aromatic rings. The molecule has 7 heteroatoms. The van der Waals surface area contributed by atoms with E-state index in [1.807, 2.05) is 0 Å². The fourth-order valence-corrected chi connectivity index (χ4v) is 1.78. The fourth-order valence-electron chi connectivity index (χ4n) is 1.73. The fraction of sp³-hybridized carbons (Fsp3) is 0.214. The number of carbonyl (C=O) groups is 2. The Morgan fingerprint density at radius 3 is 2.76 bits per heavy atom. The first-order valence-electron chi connectivity index (χ1n) is 6.18. The van der Waals surface area contributed by atoms with E-state index in [9.17, 15) is 14.4 Å². The molecule has 1 N–H and O–H groups in total. The van der Waals surface area contributed by atoms with Crippen LogP contribution in [-0.2, 0) is 4.79 Å². The van der Waals surface area contributed by atoms with Gasteiger partial charge >= 0.3 is 11.6 Å². The molecule has 1 heterocycles. The van der Waals surface area contributed by atoms with E-state index in [2.05, 4.69) is 5.32 Å². The van der Waals surface area contributed by atoms with Crippen molar-refractivity contribution in [2.75, 3.05) is 12.4 Å². The van der Waals surface area contributed by atoms with Gasteiger partial charge in [0.15, 0.2) is 0 Å². The number of fused-ring (bicyclic) bond motifs is 1. The molecule has 0 atom stereocenters. The number of carbonyl (C=O) groups excluding carboxylic acids is 2. The zero-order chi connectivity index (χ0) is 15.4. The van der Waals surface area contributed by atoms with Crippen LogP contribution in [0.15, 0.2) is 33.5 Å². The Morgan fingerprint density at radius 2 is 2.10 bits per heavy atom. The van der Waals surface area contributed by atoms with E-state index in [0.717, 1.165) is 0 Å². The first kappa shape index (κ1) is 15.1. The van der Waals surface area contributed by atoms with Crippen molar-refractivity contribution >= 4 is 34.4 Å². The standard InChI is InChI=1S/C14H12ClNO5/c1-2-16-13(18)10-5-8-3-4-9(20-12(17)7-15)6-11(8)21-14(10)19/h3-6H,2,7H2,1H3,(H,16,18). The molecule has 1 aromatic heterocycles. The topological polar surface area (TPSA) is 85.6 Å². The predicted octanol–water partition coefficient (Wildman–Crippen LogP) is 1.69. The first-order chi connectivity index (χ1) is 10.0. The van der Waals surface area contributed by atoms with Crippen LogP contribution in [0.25, 0.3) is 11.0 Å². The van der Waals surface area contributed by atoms with Gasteiger partial charge in [-0.25, -0.2) is 4.79 Å². The molecular weight excluding hydrogens is 298 g/mol. The number of benzene rings is 1. The van der Waals surface area contributed by atoms with Crippen LogP contribution >= 0.6 is 11.6 Å². The van der Waals surface area contributed by atoms with Crippen molar-refractivity contribution < 1.29 is 18.7 Å². The first-order valence-corrected chi connectivity index (χ1v) is 6.71. The molecule has 110 valence electrons. The lowest BCUT2D eigenvalue weighted by atomic mass is 10.1. The lowest BCUT2D eigenvalue weighted by molar-refractivity contribution is -0.131. The van der Waals surface area contributed by atoms with Gasteiger partial charge in [0.1, 0.15) is 22.8 Å². The summed E-state index contributed by atoms with van der Waals surface area (Å²) in [4.78, 5) is 34.6. The van der Waals surface area contributed by atoms with E-state index in [1.165, 1.54) is 18.2 Å². The molecular formula is C14H12ClNO5. The van der Waals surface area contributed by atoms with Crippen LogP contribution < -0.4 is 15.7 Å². The van der Waals surface area contributed by atoms with Gasteiger partial charge in [-0.05, 0) is 25.1 Å². The third-order valence-electron chi connectivity index (χ3n) is 2.63. The Kier molecular flexibility index (Phi) is 4.59. The maximum atomic E-state index is 11.8. The molecule has 1 aromatic carbocycles. The summed E-state index contributed by atoms with van der Waals surface area (Å²) in [7, 11) is 0. The van der Waals surface area contributed by atoms with Gasteiger partial charge in [0.2, 0.25) is 0 Å². The normalized spacial score (nSPS) is 10.4. The van der Waals surface area contributed by atoms with E-state index in [0.29, 0.717) is 11.9 Å². The van der Waals surface area contributed by atoms with Crippen molar-refractivity contribution in [3.63, 3.8) is 0 Å². The maximum Gasteiger partial charge on any atom is 0.349 e. The summed E-state index contributed by atoms with van der Waals surface area (Å²) in [5, 5.41) is 3.07. The highest BCUT2D eigenvalue weighted by atomic mass is 35.5. The average molecular weight is 310 g/mol. The largest absolute Gasteiger partial charge is 0.426 e. The van der Waals surface area contributed by atoms with Crippen molar-refractivity contribution in [1.82, 2.24) is 5.32 Å². The second-order valence-corrected chi connectivity index (χ2v) is 4.38. The lowest BCUT2D eigenvalue weighted by Crippen LogP contribution is -2.27. The summed E-state index contributed by atoms with van der Waals surface area (Å²) < 4.78 is 9.99. The summed E-state index contributed by atoms with van der Waals surface area (Å²) in [5.41, 5.74) is -0.614. The van der Waals surface area contributed by atoms with Gasteiger partial charge in [0.05, 0.1) is 0 Å². The molecule has 1 amide bonds. The third kappa shape index (κ3) is 3.41. The zero-order valence-corrected chi connectivity index (χ0v) is 11.9. The molecule has 0 radical (unpaired) electrons. The van der Waals surface area contributed by atoms with Crippen molar-refractivity contribution in [1.29, 1.82) is 0 Å². The van der Waals surface area contributed by atoms with Gasteiger partial charge in [-0.1, -0.05) is 0 Å². The van der Waals surface area contributed by atoms with Crippen LogP contribution in [0.3, 0.4) is 0 Å². The summed E-state index contributed by atoms with van der Waals surface area (Å²) in [6, 6.07) is 5.92. The van der Waals surface area contributed by atoms with Gasteiger partial charge in [-0.2, -0.15) is 0 Å². The zero-order valence-electron chi connectivity index (χ0n) is 11.1. The van der Waals surface area contributed by atoms with Crippen LogP contribution in [0, 0.1) is 0 Å². The predicted molar refractivity (Wildman–Crippen MR) is 76.8 cm³/mol. The SMILES string of the molecule is CCNC(=O)c1cc2ccc(OC(=O)CCl)cc2oc1=O. The number of hydrogen-bond donors (Lipinski definition) is 1. The monoisotopic (exact) mass is 309 g/mol.